The first-order valence-corrected chi connectivity index (χ1v) is 7.41. The van der Waals surface area contributed by atoms with E-state index in [4.69, 9.17) is 4.74 Å². The highest BCUT2D eigenvalue weighted by atomic mass is 19.4. The van der Waals surface area contributed by atoms with Crippen LogP contribution in [0.3, 0.4) is 0 Å². The largest absolute Gasteiger partial charge is 0.465 e. The highest BCUT2D eigenvalue weighted by Gasteiger charge is 2.65. The molecule has 0 radical (unpaired) electrons. The predicted octanol–water partition coefficient (Wildman–Crippen LogP) is 2.34. The highest BCUT2D eigenvalue weighted by molar-refractivity contribution is 5.98. The zero-order valence-electron chi connectivity index (χ0n) is 13.3. The second-order valence-electron chi connectivity index (χ2n) is 5.84. The third-order valence-electron chi connectivity index (χ3n) is 3.93. The van der Waals surface area contributed by atoms with E-state index >= 15 is 0 Å². The molecule has 1 atom stereocenters. The lowest BCUT2D eigenvalue weighted by Gasteiger charge is -2.34. The van der Waals surface area contributed by atoms with E-state index in [9.17, 15) is 18.0 Å². The summed E-state index contributed by atoms with van der Waals surface area (Å²) in [6, 6.07) is -0.303. The van der Waals surface area contributed by atoms with Crippen molar-refractivity contribution in [1.82, 2.24) is 4.90 Å². The molecule has 0 spiro atoms. The minimum atomic E-state index is -5.02. The summed E-state index contributed by atoms with van der Waals surface area (Å²) in [5, 5.41) is 0. The molecule has 130 valence electrons. The van der Waals surface area contributed by atoms with Gasteiger partial charge in [0.25, 0.3) is 6.02 Å². The first-order valence-electron chi connectivity index (χ1n) is 7.41. The minimum Gasteiger partial charge on any atom is -0.465 e. The Morgan fingerprint density at radius 1 is 1.26 bits per heavy atom. The second-order valence-corrected chi connectivity index (χ2v) is 5.84. The molecule has 2 aliphatic rings. The molecule has 6 nitrogen and oxygen atoms in total. The first kappa shape index (κ1) is 17.6. The van der Waals surface area contributed by atoms with Crippen LogP contribution in [0.1, 0.15) is 32.1 Å². The van der Waals surface area contributed by atoms with Crippen molar-refractivity contribution in [3.8, 4) is 0 Å². The minimum absolute atomic E-state index is 0.0916. The van der Waals surface area contributed by atoms with E-state index in [1.807, 2.05) is 0 Å². The molecule has 0 saturated heterocycles. The van der Waals surface area contributed by atoms with Crippen LogP contribution in [-0.2, 0) is 14.3 Å². The summed E-state index contributed by atoms with van der Waals surface area (Å²) in [5.41, 5.74) is -3.30. The van der Waals surface area contributed by atoms with Crippen LogP contribution in [0.5, 0.6) is 0 Å². The number of methoxy groups -OCH3 is 1. The molecule has 0 unspecified atom stereocenters. The third-order valence-corrected chi connectivity index (χ3v) is 3.93. The molecule has 1 heterocycles. The van der Waals surface area contributed by atoms with Gasteiger partial charge in [0.05, 0.1) is 7.11 Å². The number of amidine groups is 1. The van der Waals surface area contributed by atoms with Gasteiger partial charge in [-0.25, -0.2) is 9.79 Å². The van der Waals surface area contributed by atoms with Crippen molar-refractivity contribution < 1.29 is 27.4 Å². The van der Waals surface area contributed by atoms with Crippen molar-refractivity contribution in [2.24, 2.45) is 15.9 Å². The van der Waals surface area contributed by atoms with E-state index in [1.165, 1.54) is 19.0 Å². The Kier molecular flexibility index (Phi) is 4.86. The van der Waals surface area contributed by atoms with Crippen molar-refractivity contribution in [2.75, 3.05) is 21.2 Å². The molecule has 0 aromatic heterocycles. The van der Waals surface area contributed by atoms with E-state index in [0.29, 0.717) is 12.8 Å². The Morgan fingerprint density at radius 3 is 2.35 bits per heavy atom. The zero-order chi connectivity index (χ0) is 17.3. The molecule has 9 heteroatoms. The van der Waals surface area contributed by atoms with Crippen LogP contribution >= 0.6 is 0 Å². The summed E-state index contributed by atoms with van der Waals surface area (Å²) < 4.78 is 50.7. The van der Waals surface area contributed by atoms with Crippen LogP contribution in [0.2, 0.25) is 0 Å². The molecular formula is C14H20F3N3O3. The number of alkyl halides is 3. The van der Waals surface area contributed by atoms with Gasteiger partial charge in [-0.3, -0.25) is 0 Å². The number of hydrogen-bond acceptors (Lipinski definition) is 6. The number of halogens is 3. The van der Waals surface area contributed by atoms with Gasteiger partial charge in [0.15, 0.2) is 5.90 Å². The highest BCUT2D eigenvalue weighted by Crippen LogP contribution is 2.40. The van der Waals surface area contributed by atoms with Gasteiger partial charge in [-0.05, 0) is 12.8 Å². The van der Waals surface area contributed by atoms with Gasteiger partial charge >= 0.3 is 17.8 Å². The number of nitrogens with zero attached hydrogens (tertiary/aromatic N) is 3. The monoisotopic (exact) mass is 335 g/mol. The quantitative estimate of drug-likeness (QED) is 0.727. The SMILES string of the molecule is COC(=O)[C@@]1(C(F)(F)F)N=C(C2CCCCC2)OC(N(C)C)=N1. The summed E-state index contributed by atoms with van der Waals surface area (Å²) in [5.74, 6) is -1.91. The number of esters is 1. The topological polar surface area (TPSA) is 63.5 Å². The van der Waals surface area contributed by atoms with Gasteiger partial charge in [0, 0.05) is 20.0 Å². The lowest BCUT2D eigenvalue weighted by atomic mass is 9.89. The van der Waals surface area contributed by atoms with Crippen molar-refractivity contribution in [2.45, 2.75) is 43.9 Å². The summed E-state index contributed by atoms with van der Waals surface area (Å²) in [6.07, 6.45) is -0.869. The maximum absolute atomic E-state index is 13.6. The van der Waals surface area contributed by atoms with Crippen LogP contribution < -0.4 is 0 Å². The fourth-order valence-electron chi connectivity index (χ4n) is 2.65. The van der Waals surface area contributed by atoms with Crippen LogP contribution in [0.25, 0.3) is 0 Å². The number of ether oxygens (including phenoxy) is 2. The van der Waals surface area contributed by atoms with Gasteiger partial charge in [-0.15, -0.1) is 0 Å². The number of carbonyl (C=O) groups is 1. The zero-order valence-corrected chi connectivity index (χ0v) is 13.3. The average molecular weight is 335 g/mol. The van der Waals surface area contributed by atoms with Crippen molar-refractivity contribution >= 4 is 17.9 Å². The molecule has 2 rings (SSSR count). The number of carbonyl (C=O) groups excluding carboxylic acids is 1. The maximum atomic E-state index is 13.6. The Bertz CT molecular complexity index is 525. The summed E-state index contributed by atoms with van der Waals surface area (Å²) in [6.45, 7) is 0. The third kappa shape index (κ3) is 3.28. The lowest BCUT2D eigenvalue weighted by Crippen LogP contribution is -2.55. The molecule has 23 heavy (non-hydrogen) atoms. The number of aliphatic imine (C=N–C) groups is 2. The van der Waals surface area contributed by atoms with Crippen molar-refractivity contribution in [3.05, 3.63) is 0 Å². The van der Waals surface area contributed by atoms with Gasteiger partial charge in [-0.1, -0.05) is 19.3 Å². The van der Waals surface area contributed by atoms with Gasteiger partial charge < -0.3 is 14.4 Å². The Hall–Kier alpha value is -1.80. The second kappa shape index (κ2) is 6.37. The molecule has 0 aromatic rings. The summed E-state index contributed by atoms with van der Waals surface area (Å²) in [4.78, 5) is 20.2. The normalized spacial score (nSPS) is 26.0. The van der Waals surface area contributed by atoms with E-state index in [-0.39, 0.29) is 17.8 Å². The fourth-order valence-corrected chi connectivity index (χ4v) is 2.65. The Labute approximate surface area is 132 Å². The molecular weight excluding hydrogens is 315 g/mol. The molecule has 1 saturated carbocycles. The van der Waals surface area contributed by atoms with E-state index in [1.54, 1.807) is 0 Å². The van der Waals surface area contributed by atoms with Crippen LogP contribution in [-0.4, -0.2) is 55.8 Å². The standard InChI is InChI=1S/C14H20F3N3O3/c1-20(2)12-19-13(11(21)22-3,14(15,16)17)18-10(23-12)9-7-5-4-6-8-9/h9H,4-8H2,1-3H3/t13-/m1/s1. The lowest BCUT2D eigenvalue weighted by molar-refractivity contribution is -0.202. The molecule has 0 amide bonds. The average Bonchev–Trinajstić information content (AvgIpc) is 2.53. The van der Waals surface area contributed by atoms with Crippen LogP contribution in [0.15, 0.2) is 9.98 Å². The van der Waals surface area contributed by atoms with Gasteiger partial charge in [-0.2, -0.15) is 18.2 Å². The summed E-state index contributed by atoms with van der Waals surface area (Å²) >= 11 is 0. The number of hydrogen-bond donors (Lipinski definition) is 0. The molecule has 1 aliphatic heterocycles. The van der Waals surface area contributed by atoms with E-state index in [2.05, 4.69) is 14.7 Å². The summed E-state index contributed by atoms with van der Waals surface area (Å²) in [7, 11) is 3.86. The maximum Gasteiger partial charge on any atom is 0.446 e. The van der Waals surface area contributed by atoms with Crippen LogP contribution in [0, 0.1) is 5.92 Å². The van der Waals surface area contributed by atoms with Crippen molar-refractivity contribution in [1.29, 1.82) is 0 Å². The van der Waals surface area contributed by atoms with Crippen LogP contribution in [0.4, 0.5) is 13.2 Å². The Balaban J connectivity index is 2.52. The Morgan fingerprint density at radius 2 is 1.87 bits per heavy atom. The molecule has 0 bridgehead atoms. The van der Waals surface area contributed by atoms with Gasteiger partial charge in [0.1, 0.15) is 0 Å². The number of rotatable bonds is 2. The first-order chi connectivity index (χ1) is 10.7. The molecule has 0 N–H and O–H groups in total. The smallest absolute Gasteiger partial charge is 0.446 e. The van der Waals surface area contributed by atoms with Crippen molar-refractivity contribution in [3.63, 3.8) is 0 Å². The van der Waals surface area contributed by atoms with E-state index in [0.717, 1.165) is 26.4 Å². The van der Waals surface area contributed by atoms with Gasteiger partial charge in [0.2, 0.25) is 0 Å². The van der Waals surface area contributed by atoms with E-state index < -0.39 is 17.8 Å². The fraction of sp³-hybridized carbons (Fsp3) is 0.786. The molecule has 1 aliphatic carbocycles. The molecule has 0 aromatic carbocycles. The predicted molar refractivity (Wildman–Crippen MR) is 77.0 cm³/mol. The molecule has 1 fully saturated rings.